The van der Waals surface area contributed by atoms with Gasteiger partial charge in [-0.1, -0.05) is 19.1 Å². The number of hydrogen-bond donors (Lipinski definition) is 1. The SMILES string of the molecule is CCc1ccc(-c2nnc(CNC(C)(C)C)o2)cc1. The van der Waals surface area contributed by atoms with Crippen LogP contribution in [0.3, 0.4) is 0 Å². The molecule has 4 heteroatoms. The molecular formula is C15H21N3O. The zero-order valence-corrected chi connectivity index (χ0v) is 12.0. The molecule has 19 heavy (non-hydrogen) atoms. The first-order valence-electron chi connectivity index (χ1n) is 6.64. The molecule has 2 rings (SSSR count). The molecule has 4 nitrogen and oxygen atoms in total. The van der Waals surface area contributed by atoms with E-state index in [0.717, 1.165) is 12.0 Å². The van der Waals surface area contributed by atoms with Gasteiger partial charge in [0.05, 0.1) is 6.54 Å². The smallest absolute Gasteiger partial charge is 0.247 e. The number of nitrogens with one attached hydrogen (secondary N) is 1. The van der Waals surface area contributed by atoms with Crippen LogP contribution in [-0.2, 0) is 13.0 Å². The highest BCUT2D eigenvalue weighted by Gasteiger charge is 2.12. The van der Waals surface area contributed by atoms with Crippen molar-refractivity contribution in [2.75, 3.05) is 0 Å². The van der Waals surface area contributed by atoms with Crippen molar-refractivity contribution < 1.29 is 4.42 Å². The molecule has 0 amide bonds. The summed E-state index contributed by atoms with van der Waals surface area (Å²) >= 11 is 0. The highest BCUT2D eigenvalue weighted by Crippen LogP contribution is 2.18. The third-order valence-corrected chi connectivity index (χ3v) is 2.85. The van der Waals surface area contributed by atoms with Crippen LogP contribution in [0.1, 0.15) is 39.1 Å². The van der Waals surface area contributed by atoms with E-state index in [-0.39, 0.29) is 5.54 Å². The van der Waals surface area contributed by atoms with Crippen molar-refractivity contribution in [2.45, 2.75) is 46.2 Å². The summed E-state index contributed by atoms with van der Waals surface area (Å²) in [5.41, 5.74) is 2.31. The minimum atomic E-state index is 0.0391. The Morgan fingerprint density at radius 3 is 2.37 bits per heavy atom. The molecule has 1 aromatic carbocycles. The Bertz CT molecular complexity index is 523. The molecule has 2 aromatic rings. The van der Waals surface area contributed by atoms with Gasteiger partial charge in [0.15, 0.2) is 0 Å². The molecule has 0 bridgehead atoms. The zero-order valence-electron chi connectivity index (χ0n) is 12.0. The molecule has 0 saturated heterocycles. The lowest BCUT2D eigenvalue weighted by Crippen LogP contribution is -2.35. The molecule has 0 saturated carbocycles. The third kappa shape index (κ3) is 3.89. The van der Waals surface area contributed by atoms with Crippen LogP contribution >= 0.6 is 0 Å². The van der Waals surface area contributed by atoms with Crippen molar-refractivity contribution in [3.8, 4) is 11.5 Å². The Labute approximate surface area is 114 Å². The number of benzene rings is 1. The van der Waals surface area contributed by atoms with Gasteiger partial charge in [0.2, 0.25) is 11.8 Å². The Morgan fingerprint density at radius 2 is 1.79 bits per heavy atom. The van der Waals surface area contributed by atoms with Gasteiger partial charge < -0.3 is 9.73 Å². The van der Waals surface area contributed by atoms with Crippen molar-refractivity contribution in [1.29, 1.82) is 0 Å². The summed E-state index contributed by atoms with van der Waals surface area (Å²) in [5.74, 6) is 1.19. The summed E-state index contributed by atoms with van der Waals surface area (Å²) in [6.07, 6.45) is 1.03. The first-order valence-corrected chi connectivity index (χ1v) is 6.64. The van der Waals surface area contributed by atoms with Crippen molar-refractivity contribution in [2.24, 2.45) is 0 Å². The standard InChI is InChI=1S/C15H21N3O/c1-5-11-6-8-12(9-7-11)14-18-17-13(19-14)10-16-15(2,3)4/h6-9,16H,5,10H2,1-4H3. The van der Waals surface area contributed by atoms with E-state index in [0.29, 0.717) is 18.3 Å². The van der Waals surface area contributed by atoms with Crippen LogP contribution in [0.2, 0.25) is 0 Å². The summed E-state index contributed by atoms with van der Waals surface area (Å²) in [7, 11) is 0. The molecule has 0 fully saturated rings. The lowest BCUT2D eigenvalue weighted by atomic mass is 10.1. The van der Waals surface area contributed by atoms with Crippen LogP contribution in [0.15, 0.2) is 28.7 Å². The topological polar surface area (TPSA) is 51.0 Å². The Morgan fingerprint density at radius 1 is 1.11 bits per heavy atom. The monoisotopic (exact) mass is 259 g/mol. The maximum Gasteiger partial charge on any atom is 0.247 e. The average Bonchev–Trinajstić information content (AvgIpc) is 2.84. The van der Waals surface area contributed by atoms with Gasteiger partial charge in [-0.2, -0.15) is 0 Å². The van der Waals surface area contributed by atoms with Crippen LogP contribution in [-0.4, -0.2) is 15.7 Å². The van der Waals surface area contributed by atoms with Crippen LogP contribution < -0.4 is 5.32 Å². The molecule has 0 radical (unpaired) electrons. The predicted octanol–water partition coefficient (Wildman–Crippen LogP) is 3.19. The van der Waals surface area contributed by atoms with Gasteiger partial charge in [-0.3, -0.25) is 0 Å². The summed E-state index contributed by atoms with van der Waals surface area (Å²) in [6.45, 7) is 9.04. The molecule has 0 aliphatic heterocycles. The number of aromatic nitrogens is 2. The first-order chi connectivity index (χ1) is 8.98. The number of aryl methyl sites for hydroxylation is 1. The number of nitrogens with zero attached hydrogens (tertiary/aromatic N) is 2. The highest BCUT2D eigenvalue weighted by atomic mass is 16.4. The number of rotatable bonds is 4. The third-order valence-electron chi connectivity index (χ3n) is 2.85. The zero-order chi connectivity index (χ0) is 13.9. The lowest BCUT2D eigenvalue weighted by Gasteiger charge is -2.18. The molecule has 1 N–H and O–H groups in total. The summed E-state index contributed by atoms with van der Waals surface area (Å²) < 4.78 is 5.65. The van der Waals surface area contributed by atoms with Crippen molar-refractivity contribution in [1.82, 2.24) is 15.5 Å². The fraction of sp³-hybridized carbons (Fsp3) is 0.467. The maximum atomic E-state index is 5.65. The second-order valence-electron chi connectivity index (χ2n) is 5.65. The highest BCUT2D eigenvalue weighted by molar-refractivity contribution is 5.52. The molecule has 0 spiro atoms. The van der Waals surface area contributed by atoms with Gasteiger partial charge in [-0.25, -0.2) is 0 Å². The first kappa shape index (κ1) is 13.7. The minimum Gasteiger partial charge on any atom is -0.419 e. The van der Waals surface area contributed by atoms with E-state index in [1.165, 1.54) is 5.56 Å². The van der Waals surface area contributed by atoms with E-state index >= 15 is 0 Å². The normalized spacial score (nSPS) is 11.8. The molecule has 0 aliphatic rings. The van der Waals surface area contributed by atoms with E-state index in [2.05, 4.69) is 55.3 Å². The van der Waals surface area contributed by atoms with Gasteiger partial charge in [0.1, 0.15) is 0 Å². The van der Waals surface area contributed by atoms with Gasteiger partial charge in [0.25, 0.3) is 0 Å². The molecule has 0 atom stereocenters. The van der Waals surface area contributed by atoms with Crippen LogP contribution in [0.5, 0.6) is 0 Å². The minimum absolute atomic E-state index is 0.0391. The number of hydrogen-bond acceptors (Lipinski definition) is 4. The fourth-order valence-corrected chi connectivity index (χ4v) is 1.67. The van der Waals surface area contributed by atoms with E-state index in [4.69, 9.17) is 4.42 Å². The van der Waals surface area contributed by atoms with Crippen molar-refractivity contribution in [3.63, 3.8) is 0 Å². The second kappa shape index (κ2) is 5.53. The van der Waals surface area contributed by atoms with Gasteiger partial charge in [0, 0.05) is 11.1 Å². The van der Waals surface area contributed by atoms with E-state index in [1.807, 2.05) is 12.1 Å². The lowest BCUT2D eigenvalue weighted by molar-refractivity contribution is 0.383. The molecule has 102 valence electrons. The molecule has 0 unspecified atom stereocenters. The molecule has 0 aliphatic carbocycles. The van der Waals surface area contributed by atoms with Gasteiger partial charge >= 0.3 is 0 Å². The quantitative estimate of drug-likeness (QED) is 0.916. The molecule has 1 aromatic heterocycles. The predicted molar refractivity (Wildman–Crippen MR) is 75.7 cm³/mol. The van der Waals surface area contributed by atoms with Crippen LogP contribution in [0, 0.1) is 0 Å². The summed E-state index contributed by atoms with van der Waals surface area (Å²) in [6, 6.07) is 8.22. The van der Waals surface area contributed by atoms with Crippen LogP contribution in [0.25, 0.3) is 11.5 Å². The second-order valence-corrected chi connectivity index (χ2v) is 5.65. The average molecular weight is 259 g/mol. The maximum absolute atomic E-state index is 5.65. The Balaban J connectivity index is 2.07. The molecular weight excluding hydrogens is 238 g/mol. The van der Waals surface area contributed by atoms with E-state index in [9.17, 15) is 0 Å². The fourth-order valence-electron chi connectivity index (χ4n) is 1.67. The van der Waals surface area contributed by atoms with E-state index < -0.39 is 0 Å². The van der Waals surface area contributed by atoms with E-state index in [1.54, 1.807) is 0 Å². The summed E-state index contributed by atoms with van der Waals surface area (Å²) in [4.78, 5) is 0. The Hall–Kier alpha value is -1.68. The van der Waals surface area contributed by atoms with Crippen molar-refractivity contribution >= 4 is 0 Å². The van der Waals surface area contributed by atoms with Crippen LogP contribution in [0.4, 0.5) is 0 Å². The molecule has 1 heterocycles. The largest absolute Gasteiger partial charge is 0.419 e. The summed E-state index contributed by atoms with van der Waals surface area (Å²) in [5, 5.41) is 11.5. The van der Waals surface area contributed by atoms with Crippen molar-refractivity contribution in [3.05, 3.63) is 35.7 Å². The Kier molecular flexibility index (Phi) is 4.00. The van der Waals surface area contributed by atoms with Gasteiger partial charge in [-0.05, 0) is 44.9 Å². The van der Waals surface area contributed by atoms with Gasteiger partial charge in [-0.15, -0.1) is 10.2 Å².